The quantitative estimate of drug-likeness (QED) is 0.878. The standard InChI is InChI=1S/C14H18ClN3O2/c1-18-4-2-9(3-5-18)16-11-7-13-12(6-10(11)15)17-14(19)8-20-13/h6-7,9,16H,2-5,8H2,1H3,(H,17,19). The number of hydrogen-bond donors (Lipinski definition) is 2. The number of nitrogens with zero attached hydrogens (tertiary/aromatic N) is 1. The van der Waals surface area contributed by atoms with Crippen LogP contribution in [-0.2, 0) is 4.79 Å². The lowest BCUT2D eigenvalue weighted by Gasteiger charge is -2.30. The molecule has 1 amide bonds. The van der Waals surface area contributed by atoms with Gasteiger partial charge in [-0.2, -0.15) is 0 Å². The molecule has 1 aromatic carbocycles. The predicted octanol–water partition coefficient (Wildman–Crippen LogP) is 2.18. The highest BCUT2D eigenvalue weighted by Crippen LogP contribution is 2.37. The van der Waals surface area contributed by atoms with Gasteiger partial charge < -0.3 is 20.3 Å². The zero-order valence-corrected chi connectivity index (χ0v) is 12.2. The van der Waals surface area contributed by atoms with E-state index in [1.54, 1.807) is 6.07 Å². The minimum absolute atomic E-state index is 0.0578. The third kappa shape index (κ3) is 2.83. The molecule has 0 atom stereocenters. The molecular weight excluding hydrogens is 278 g/mol. The van der Waals surface area contributed by atoms with E-state index in [0.29, 0.717) is 22.5 Å². The van der Waals surface area contributed by atoms with E-state index in [9.17, 15) is 4.79 Å². The van der Waals surface area contributed by atoms with E-state index in [-0.39, 0.29) is 12.5 Å². The summed E-state index contributed by atoms with van der Waals surface area (Å²) in [7, 11) is 2.14. The third-order valence-electron chi connectivity index (χ3n) is 3.78. The van der Waals surface area contributed by atoms with Gasteiger partial charge in [0.25, 0.3) is 5.91 Å². The first-order chi connectivity index (χ1) is 9.61. The van der Waals surface area contributed by atoms with Gasteiger partial charge in [-0.05, 0) is 39.0 Å². The third-order valence-corrected chi connectivity index (χ3v) is 4.09. The monoisotopic (exact) mass is 295 g/mol. The molecule has 0 bridgehead atoms. The number of ether oxygens (including phenoxy) is 1. The topological polar surface area (TPSA) is 53.6 Å². The number of amides is 1. The fourth-order valence-electron chi connectivity index (χ4n) is 2.58. The minimum Gasteiger partial charge on any atom is -0.482 e. The predicted molar refractivity (Wildman–Crippen MR) is 79.7 cm³/mol. The zero-order chi connectivity index (χ0) is 14.1. The van der Waals surface area contributed by atoms with Gasteiger partial charge in [-0.3, -0.25) is 4.79 Å². The lowest BCUT2D eigenvalue weighted by Crippen LogP contribution is -2.36. The SMILES string of the molecule is CN1CCC(Nc2cc3c(cc2Cl)NC(=O)CO3)CC1. The van der Waals surface area contributed by atoms with Crippen molar-refractivity contribution in [2.75, 3.05) is 37.4 Å². The molecule has 3 rings (SSSR count). The fraction of sp³-hybridized carbons (Fsp3) is 0.500. The van der Waals surface area contributed by atoms with Crippen LogP contribution in [0.1, 0.15) is 12.8 Å². The number of carbonyl (C=O) groups is 1. The number of rotatable bonds is 2. The van der Waals surface area contributed by atoms with Gasteiger partial charge >= 0.3 is 0 Å². The summed E-state index contributed by atoms with van der Waals surface area (Å²) >= 11 is 6.28. The van der Waals surface area contributed by atoms with Crippen molar-refractivity contribution < 1.29 is 9.53 Å². The molecule has 2 heterocycles. The van der Waals surface area contributed by atoms with Crippen molar-refractivity contribution in [1.82, 2.24) is 4.90 Å². The molecule has 108 valence electrons. The number of nitrogens with one attached hydrogen (secondary N) is 2. The maximum absolute atomic E-state index is 11.3. The molecule has 1 fully saturated rings. The van der Waals surface area contributed by atoms with Gasteiger partial charge in [0, 0.05) is 12.1 Å². The molecule has 0 aromatic heterocycles. The van der Waals surface area contributed by atoms with Crippen LogP contribution in [-0.4, -0.2) is 43.6 Å². The summed E-state index contributed by atoms with van der Waals surface area (Å²) in [6.45, 7) is 2.24. The summed E-state index contributed by atoms with van der Waals surface area (Å²) in [6, 6.07) is 4.04. The highest BCUT2D eigenvalue weighted by Gasteiger charge is 2.21. The second kappa shape index (κ2) is 5.50. The maximum atomic E-state index is 11.3. The molecule has 0 radical (unpaired) electrons. The van der Waals surface area contributed by atoms with E-state index in [1.165, 1.54) is 0 Å². The number of likely N-dealkylation sites (tertiary alicyclic amines) is 1. The van der Waals surface area contributed by atoms with Crippen LogP contribution in [0.15, 0.2) is 12.1 Å². The summed E-state index contributed by atoms with van der Waals surface area (Å²) in [4.78, 5) is 13.6. The van der Waals surface area contributed by atoms with Crippen LogP contribution in [0.2, 0.25) is 5.02 Å². The normalized spacial score (nSPS) is 20.0. The number of hydrogen-bond acceptors (Lipinski definition) is 4. The van der Waals surface area contributed by atoms with Crippen molar-refractivity contribution in [1.29, 1.82) is 0 Å². The second-order valence-electron chi connectivity index (χ2n) is 5.39. The van der Waals surface area contributed by atoms with Crippen molar-refractivity contribution in [3.8, 4) is 5.75 Å². The van der Waals surface area contributed by atoms with Gasteiger partial charge in [-0.1, -0.05) is 11.6 Å². The van der Waals surface area contributed by atoms with Crippen molar-refractivity contribution in [2.45, 2.75) is 18.9 Å². The number of anilines is 2. The Bertz CT molecular complexity index is 527. The molecular formula is C14H18ClN3O2. The van der Waals surface area contributed by atoms with Gasteiger partial charge in [0.2, 0.25) is 0 Å². The Morgan fingerprint density at radius 2 is 2.15 bits per heavy atom. The van der Waals surface area contributed by atoms with Crippen LogP contribution >= 0.6 is 11.6 Å². The molecule has 0 spiro atoms. The Balaban J connectivity index is 1.75. The van der Waals surface area contributed by atoms with E-state index >= 15 is 0 Å². The highest BCUT2D eigenvalue weighted by atomic mass is 35.5. The Kier molecular flexibility index (Phi) is 3.72. The van der Waals surface area contributed by atoms with Gasteiger partial charge in [0.15, 0.2) is 6.61 Å². The van der Waals surface area contributed by atoms with E-state index in [0.717, 1.165) is 31.6 Å². The molecule has 2 aliphatic rings. The summed E-state index contributed by atoms with van der Waals surface area (Å²) < 4.78 is 5.42. The Hall–Kier alpha value is -1.46. The van der Waals surface area contributed by atoms with Crippen molar-refractivity contribution in [2.24, 2.45) is 0 Å². The molecule has 5 nitrogen and oxygen atoms in total. The van der Waals surface area contributed by atoms with Gasteiger partial charge in [0.1, 0.15) is 5.75 Å². The zero-order valence-electron chi connectivity index (χ0n) is 11.4. The van der Waals surface area contributed by atoms with Crippen molar-refractivity contribution in [3.63, 3.8) is 0 Å². The van der Waals surface area contributed by atoms with Crippen molar-refractivity contribution in [3.05, 3.63) is 17.2 Å². The number of benzene rings is 1. The minimum atomic E-state index is -0.149. The first-order valence-corrected chi connectivity index (χ1v) is 7.21. The molecule has 0 saturated carbocycles. The van der Waals surface area contributed by atoms with E-state index in [2.05, 4.69) is 22.6 Å². The molecule has 1 aromatic rings. The lowest BCUT2D eigenvalue weighted by atomic mass is 10.1. The number of carbonyl (C=O) groups excluding carboxylic acids is 1. The van der Waals surface area contributed by atoms with Crippen LogP contribution in [0.4, 0.5) is 11.4 Å². The lowest BCUT2D eigenvalue weighted by molar-refractivity contribution is -0.118. The van der Waals surface area contributed by atoms with E-state index in [4.69, 9.17) is 16.3 Å². The summed E-state index contributed by atoms with van der Waals surface area (Å²) in [5, 5.41) is 6.84. The summed E-state index contributed by atoms with van der Waals surface area (Å²) in [5.41, 5.74) is 1.51. The molecule has 2 aliphatic heterocycles. The number of piperidine rings is 1. The van der Waals surface area contributed by atoms with Crippen LogP contribution in [0.3, 0.4) is 0 Å². The Morgan fingerprint density at radius 1 is 1.40 bits per heavy atom. The average molecular weight is 296 g/mol. The second-order valence-corrected chi connectivity index (χ2v) is 5.79. The first kappa shape index (κ1) is 13.5. The van der Waals surface area contributed by atoms with Crippen molar-refractivity contribution >= 4 is 28.9 Å². The highest BCUT2D eigenvalue weighted by molar-refractivity contribution is 6.33. The van der Waals surface area contributed by atoms with Gasteiger partial charge in [0.05, 0.1) is 16.4 Å². The van der Waals surface area contributed by atoms with Crippen LogP contribution in [0.5, 0.6) is 5.75 Å². The largest absolute Gasteiger partial charge is 0.482 e. The average Bonchev–Trinajstić information content (AvgIpc) is 2.42. The Labute approximate surface area is 123 Å². The molecule has 20 heavy (non-hydrogen) atoms. The molecule has 0 unspecified atom stereocenters. The van der Waals surface area contributed by atoms with Gasteiger partial charge in [-0.15, -0.1) is 0 Å². The maximum Gasteiger partial charge on any atom is 0.262 e. The molecule has 2 N–H and O–H groups in total. The molecule has 6 heteroatoms. The van der Waals surface area contributed by atoms with Gasteiger partial charge in [-0.25, -0.2) is 0 Å². The number of halogens is 1. The number of fused-ring (bicyclic) bond motifs is 1. The van der Waals surface area contributed by atoms with Crippen LogP contribution < -0.4 is 15.4 Å². The van der Waals surface area contributed by atoms with E-state index < -0.39 is 0 Å². The van der Waals surface area contributed by atoms with Crippen LogP contribution in [0, 0.1) is 0 Å². The molecule has 0 aliphatic carbocycles. The smallest absolute Gasteiger partial charge is 0.262 e. The summed E-state index contributed by atoms with van der Waals surface area (Å²) in [6.07, 6.45) is 2.20. The van der Waals surface area contributed by atoms with E-state index in [1.807, 2.05) is 6.07 Å². The van der Waals surface area contributed by atoms with Crippen LogP contribution in [0.25, 0.3) is 0 Å². The summed E-state index contributed by atoms with van der Waals surface area (Å²) in [5.74, 6) is 0.522. The first-order valence-electron chi connectivity index (χ1n) is 6.83. The molecule has 1 saturated heterocycles. The fourth-order valence-corrected chi connectivity index (χ4v) is 2.80. The Morgan fingerprint density at radius 3 is 2.90 bits per heavy atom.